The van der Waals surface area contributed by atoms with E-state index < -0.39 is 0 Å². The highest BCUT2D eigenvalue weighted by atomic mass is 15.2. The van der Waals surface area contributed by atoms with E-state index in [9.17, 15) is 0 Å². The third kappa shape index (κ3) is 3.31. The number of terminal acetylenes is 1. The summed E-state index contributed by atoms with van der Waals surface area (Å²) in [4.78, 5) is 2.65. The van der Waals surface area contributed by atoms with Crippen LogP contribution in [-0.4, -0.2) is 24.0 Å². The highest BCUT2D eigenvalue weighted by Crippen LogP contribution is 2.42. The number of hydrogen-bond donors (Lipinski definition) is 0. The lowest BCUT2D eigenvalue weighted by molar-refractivity contribution is 0.00778. The van der Waals surface area contributed by atoms with Gasteiger partial charge in [-0.3, -0.25) is 4.90 Å². The van der Waals surface area contributed by atoms with Crippen molar-refractivity contribution >= 4 is 0 Å². The largest absolute Gasteiger partial charge is 0.300 e. The van der Waals surface area contributed by atoms with Crippen molar-refractivity contribution < 1.29 is 0 Å². The Bertz CT molecular complexity index is 362. The number of piperidine rings is 1. The second kappa shape index (κ2) is 6.96. The van der Waals surface area contributed by atoms with Crippen LogP contribution in [0, 0.1) is 24.2 Å². The Morgan fingerprint density at radius 2 is 2.11 bits per heavy atom. The molecule has 104 valence electrons. The first-order chi connectivity index (χ1) is 9.27. The molecule has 4 atom stereocenters. The van der Waals surface area contributed by atoms with Crippen molar-refractivity contribution in [1.82, 2.24) is 4.90 Å². The Labute approximate surface area is 118 Å². The van der Waals surface area contributed by atoms with Crippen LogP contribution >= 0.6 is 0 Å². The second-order valence-electron chi connectivity index (χ2n) is 6.15. The molecule has 0 aromatic rings. The second-order valence-corrected chi connectivity index (χ2v) is 6.15. The third-order valence-electron chi connectivity index (χ3n) is 5.20. The minimum absolute atomic E-state index is 0.721. The lowest BCUT2D eigenvalue weighted by Gasteiger charge is -2.50. The van der Waals surface area contributed by atoms with Gasteiger partial charge in [0.2, 0.25) is 0 Å². The fourth-order valence-corrected chi connectivity index (χ4v) is 4.20. The predicted octanol–water partition coefficient (Wildman–Crippen LogP) is 4.02. The Kier molecular flexibility index (Phi) is 5.28. The van der Waals surface area contributed by atoms with Crippen LogP contribution < -0.4 is 0 Å². The molecule has 0 aromatic carbocycles. The van der Waals surface area contributed by atoms with Crippen LogP contribution in [-0.2, 0) is 0 Å². The Balaban J connectivity index is 2.00. The monoisotopic (exact) mass is 257 g/mol. The molecule has 0 amide bonds. The Morgan fingerprint density at radius 3 is 2.84 bits per heavy atom. The molecule has 2 fully saturated rings. The van der Waals surface area contributed by atoms with E-state index in [0.29, 0.717) is 0 Å². The fraction of sp³-hybridized carbons (Fsp3) is 0.667. The number of allylic oxidation sites excluding steroid dienone is 2. The van der Waals surface area contributed by atoms with Gasteiger partial charge in [0, 0.05) is 12.1 Å². The van der Waals surface area contributed by atoms with Crippen LogP contribution in [0.3, 0.4) is 0 Å². The Morgan fingerprint density at radius 1 is 1.26 bits per heavy atom. The molecule has 0 bridgehead atoms. The van der Waals surface area contributed by atoms with Crippen molar-refractivity contribution in [1.29, 1.82) is 0 Å². The van der Waals surface area contributed by atoms with Gasteiger partial charge >= 0.3 is 0 Å². The average molecular weight is 257 g/mol. The number of fused-ring (bicyclic) bond motifs is 1. The minimum Gasteiger partial charge on any atom is -0.300 e. The fourth-order valence-electron chi connectivity index (χ4n) is 4.20. The number of hydrogen-bond acceptors (Lipinski definition) is 1. The van der Waals surface area contributed by atoms with Gasteiger partial charge in [-0.2, -0.15) is 0 Å². The highest BCUT2D eigenvalue weighted by Gasteiger charge is 2.39. The van der Waals surface area contributed by atoms with Crippen LogP contribution in [0.5, 0.6) is 0 Å². The standard InChI is InChI=1S/C18H27N/c1-4-6-7-10-15-11-8-12-18-17(15)14-13-16(9-5-2)19(18)3/h1,5-7,15-18H,2,8-14H2,3H3/b7-6-/t15-,16-,17-,18-/m0/s1. The molecule has 0 unspecified atom stereocenters. The molecule has 2 aliphatic rings. The summed E-state index contributed by atoms with van der Waals surface area (Å²) in [6, 6.07) is 1.51. The molecular weight excluding hydrogens is 230 g/mol. The van der Waals surface area contributed by atoms with Gasteiger partial charge in [0.05, 0.1) is 0 Å². The topological polar surface area (TPSA) is 3.24 Å². The molecule has 0 radical (unpaired) electrons. The van der Waals surface area contributed by atoms with E-state index in [4.69, 9.17) is 6.42 Å². The van der Waals surface area contributed by atoms with E-state index in [0.717, 1.165) is 30.3 Å². The van der Waals surface area contributed by atoms with E-state index in [1.165, 1.54) is 38.5 Å². The molecule has 19 heavy (non-hydrogen) atoms. The van der Waals surface area contributed by atoms with Gasteiger partial charge < -0.3 is 0 Å². The highest BCUT2D eigenvalue weighted by molar-refractivity contribution is 5.09. The summed E-state index contributed by atoms with van der Waals surface area (Å²) in [5, 5.41) is 0. The van der Waals surface area contributed by atoms with Crippen molar-refractivity contribution in [3.8, 4) is 12.3 Å². The van der Waals surface area contributed by atoms with Gasteiger partial charge in [-0.1, -0.05) is 24.5 Å². The molecule has 1 saturated carbocycles. The maximum atomic E-state index is 5.30. The van der Waals surface area contributed by atoms with Crippen LogP contribution in [0.1, 0.15) is 44.9 Å². The Hall–Kier alpha value is -1.00. The molecule has 1 aliphatic carbocycles. The third-order valence-corrected chi connectivity index (χ3v) is 5.20. The number of nitrogens with zero attached hydrogens (tertiary/aromatic N) is 1. The van der Waals surface area contributed by atoms with Gasteiger partial charge in [0.25, 0.3) is 0 Å². The van der Waals surface area contributed by atoms with E-state index in [2.05, 4.69) is 36.6 Å². The van der Waals surface area contributed by atoms with Gasteiger partial charge in [-0.15, -0.1) is 13.0 Å². The van der Waals surface area contributed by atoms with Crippen LogP contribution in [0.15, 0.2) is 24.8 Å². The van der Waals surface area contributed by atoms with Gasteiger partial charge in [-0.05, 0) is 63.5 Å². The number of rotatable bonds is 4. The smallest absolute Gasteiger partial charge is 0.0130 e. The first kappa shape index (κ1) is 14.4. The van der Waals surface area contributed by atoms with Crippen molar-refractivity contribution in [3.63, 3.8) is 0 Å². The molecule has 1 aliphatic heterocycles. The SMILES string of the molecule is C#C/C=C\C[C@H]1CCC[C@H]2[C@H]1CC[C@H](CC=C)N2C. The lowest BCUT2D eigenvalue weighted by atomic mass is 9.68. The summed E-state index contributed by atoms with van der Waals surface area (Å²) in [7, 11) is 2.32. The van der Waals surface area contributed by atoms with Crippen molar-refractivity contribution in [2.75, 3.05) is 7.05 Å². The van der Waals surface area contributed by atoms with E-state index in [-0.39, 0.29) is 0 Å². The summed E-state index contributed by atoms with van der Waals surface area (Å²) in [5.74, 6) is 4.33. The molecule has 0 spiro atoms. The van der Waals surface area contributed by atoms with Crippen LogP contribution in [0.25, 0.3) is 0 Å². The molecular formula is C18H27N. The van der Waals surface area contributed by atoms with Crippen molar-refractivity contribution in [2.45, 2.75) is 57.0 Å². The zero-order valence-corrected chi connectivity index (χ0v) is 12.2. The van der Waals surface area contributed by atoms with E-state index >= 15 is 0 Å². The summed E-state index contributed by atoms with van der Waals surface area (Å²) in [5.41, 5.74) is 0. The summed E-state index contributed by atoms with van der Waals surface area (Å²) in [6.45, 7) is 3.90. The molecule has 1 heterocycles. The maximum Gasteiger partial charge on any atom is 0.0130 e. The summed E-state index contributed by atoms with van der Waals surface area (Å²) >= 11 is 0. The molecule has 0 aromatic heterocycles. The van der Waals surface area contributed by atoms with Crippen LogP contribution in [0.2, 0.25) is 0 Å². The quantitative estimate of drug-likeness (QED) is 0.543. The molecule has 0 N–H and O–H groups in total. The molecule has 1 heteroatoms. The normalized spacial score (nSPS) is 35.8. The zero-order chi connectivity index (χ0) is 13.7. The van der Waals surface area contributed by atoms with E-state index in [1.807, 2.05) is 6.08 Å². The molecule has 2 rings (SSSR count). The van der Waals surface area contributed by atoms with Crippen LogP contribution in [0.4, 0.5) is 0 Å². The lowest BCUT2D eigenvalue weighted by Crippen LogP contribution is -2.52. The van der Waals surface area contributed by atoms with Gasteiger partial charge in [0.1, 0.15) is 0 Å². The number of likely N-dealkylation sites (tertiary alicyclic amines) is 1. The summed E-state index contributed by atoms with van der Waals surface area (Å²) < 4.78 is 0. The van der Waals surface area contributed by atoms with E-state index in [1.54, 1.807) is 0 Å². The average Bonchev–Trinajstić information content (AvgIpc) is 2.43. The predicted molar refractivity (Wildman–Crippen MR) is 82.8 cm³/mol. The maximum absolute atomic E-state index is 5.30. The first-order valence-electron chi connectivity index (χ1n) is 7.72. The zero-order valence-electron chi connectivity index (χ0n) is 12.2. The molecule has 1 nitrogen and oxygen atoms in total. The van der Waals surface area contributed by atoms with Crippen molar-refractivity contribution in [2.24, 2.45) is 11.8 Å². The minimum atomic E-state index is 0.721. The summed E-state index contributed by atoms with van der Waals surface area (Å²) in [6.07, 6.45) is 20.6. The van der Waals surface area contributed by atoms with Gasteiger partial charge in [0.15, 0.2) is 0 Å². The first-order valence-corrected chi connectivity index (χ1v) is 7.72. The van der Waals surface area contributed by atoms with Gasteiger partial charge in [-0.25, -0.2) is 0 Å². The molecule has 1 saturated heterocycles. The van der Waals surface area contributed by atoms with Crippen molar-refractivity contribution in [3.05, 3.63) is 24.8 Å².